The molecule has 4 N–H and O–H groups in total. The van der Waals surface area contributed by atoms with Gasteiger partial charge in [-0.25, -0.2) is 0 Å². The van der Waals surface area contributed by atoms with E-state index in [1.807, 2.05) is 25.1 Å². The number of carbonyl (C=O) groups excluding carboxylic acids is 2. The van der Waals surface area contributed by atoms with E-state index >= 15 is 0 Å². The number of aliphatic carboxylic acids is 2. The maximum Gasteiger partial charge on any atom is 0.306 e. The van der Waals surface area contributed by atoms with Gasteiger partial charge in [-0.05, 0) is 56.0 Å². The summed E-state index contributed by atoms with van der Waals surface area (Å²) in [4.78, 5) is 47.8. The molecule has 18 nitrogen and oxygen atoms in total. The molecule has 1 aromatic heterocycles. The summed E-state index contributed by atoms with van der Waals surface area (Å²) in [7, 11) is 0. The summed E-state index contributed by atoms with van der Waals surface area (Å²) < 4.78 is 28.4. The average Bonchev–Trinajstić information content (AvgIpc) is 3.52. The van der Waals surface area contributed by atoms with Crippen LogP contribution in [0.4, 0.5) is 16.4 Å². The van der Waals surface area contributed by atoms with Crippen LogP contribution in [0, 0.1) is 48.3 Å². The highest BCUT2D eigenvalue weighted by atomic mass is 32.1. The third-order valence-corrected chi connectivity index (χ3v) is 9.75. The van der Waals surface area contributed by atoms with E-state index < -0.39 is 23.8 Å². The number of thiophene rings is 1. The molecule has 0 spiro atoms. The number of anilines is 1. The average molecular weight is 844 g/mol. The van der Waals surface area contributed by atoms with E-state index in [2.05, 4.69) is 37.9 Å². The number of carbonyl (C=O) groups is 4. The second kappa shape index (κ2) is 29.2. The highest BCUT2D eigenvalue weighted by Crippen LogP contribution is 2.36. The molecule has 0 aliphatic rings. The van der Waals surface area contributed by atoms with Crippen molar-refractivity contribution in [1.29, 1.82) is 10.5 Å². The predicted molar refractivity (Wildman–Crippen MR) is 218 cm³/mol. The molecule has 1 heterocycles. The smallest absolute Gasteiger partial charge is 0.306 e. The Labute approximate surface area is 349 Å². The molecule has 0 bridgehead atoms. The first kappa shape index (κ1) is 50.1. The molecule has 324 valence electrons. The fourth-order valence-corrected chi connectivity index (χ4v) is 5.99. The Hall–Kier alpha value is -5.02. The number of carboxylic acid groups (broad SMARTS) is 2. The molecule has 2 atom stereocenters. The normalized spacial score (nSPS) is 12.1. The molecule has 2 aromatic rings. The minimum atomic E-state index is -1.01. The highest BCUT2D eigenvalue weighted by Gasteiger charge is 2.17. The zero-order valence-electron chi connectivity index (χ0n) is 34.3. The summed E-state index contributed by atoms with van der Waals surface area (Å²) >= 11 is 1.13. The number of aryl methyl sites for hydroxylation is 1. The number of nitriles is 2. The Kier molecular flexibility index (Phi) is 24.8. The quantitative estimate of drug-likeness (QED) is 0.0578. The van der Waals surface area contributed by atoms with Gasteiger partial charge in [-0.3, -0.25) is 19.2 Å². The van der Waals surface area contributed by atoms with Crippen molar-refractivity contribution < 1.29 is 53.1 Å². The fraction of sp³-hybridized carbons (Fsp3) is 0.600. The van der Waals surface area contributed by atoms with Gasteiger partial charge in [0, 0.05) is 57.9 Å². The summed E-state index contributed by atoms with van der Waals surface area (Å²) in [6.07, 6.45) is 1.06. The SMILES string of the molecule is Cc1cc(N(CCOCCOCCCNC(=O)CC(C)C(=O)O)CCOCCOCCOCCCNC(=O)CC(C)C(=O)O)ccc1N=Nc1sc(C#N)c(C)c1C#N. The first-order valence-corrected chi connectivity index (χ1v) is 20.3. The number of nitrogens with zero attached hydrogens (tertiary/aromatic N) is 5. The van der Waals surface area contributed by atoms with Gasteiger partial charge in [-0.15, -0.1) is 21.6 Å². The minimum Gasteiger partial charge on any atom is -0.481 e. The topological polar surface area (TPSA) is 254 Å². The van der Waals surface area contributed by atoms with E-state index in [1.54, 1.807) is 6.92 Å². The van der Waals surface area contributed by atoms with Crippen LogP contribution >= 0.6 is 11.3 Å². The molecular weight excluding hydrogens is 787 g/mol. The Morgan fingerprint density at radius 3 is 1.64 bits per heavy atom. The van der Waals surface area contributed by atoms with E-state index in [4.69, 9.17) is 33.9 Å². The Morgan fingerprint density at radius 2 is 1.20 bits per heavy atom. The molecule has 0 fully saturated rings. The largest absolute Gasteiger partial charge is 0.481 e. The molecule has 0 saturated carbocycles. The van der Waals surface area contributed by atoms with Gasteiger partial charge in [-0.1, -0.05) is 13.8 Å². The van der Waals surface area contributed by atoms with Gasteiger partial charge in [-0.2, -0.15) is 10.5 Å². The van der Waals surface area contributed by atoms with Crippen molar-refractivity contribution in [3.63, 3.8) is 0 Å². The van der Waals surface area contributed by atoms with Gasteiger partial charge in [0.05, 0.1) is 75.9 Å². The summed E-state index contributed by atoms with van der Waals surface area (Å²) in [5, 5.41) is 51.1. The second-order valence-corrected chi connectivity index (χ2v) is 14.5. The molecule has 2 unspecified atom stereocenters. The van der Waals surface area contributed by atoms with E-state index in [-0.39, 0.29) is 24.7 Å². The lowest BCUT2D eigenvalue weighted by Gasteiger charge is -2.25. The number of azo groups is 1. The molecular formula is C40H57N7O11S. The molecule has 2 rings (SSSR count). The molecule has 59 heavy (non-hydrogen) atoms. The summed E-state index contributed by atoms with van der Waals surface area (Å²) in [5.41, 5.74) is 3.34. The zero-order valence-corrected chi connectivity index (χ0v) is 35.1. The number of hydrogen-bond acceptors (Lipinski definition) is 15. The Balaban J connectivity index is 1.78. The Morgan fingerprint density at radius 1 is 0.729 bits per heavy atom. The van der Waals surface area contributed by atoms with Crippen LogP contribution in [0.15, 0.2) is 28.4 Å². The first-order valence-electron chi connectivity index (χ1n) is 19.5. The van der Waals surface area contributed by atoms with Gasteiger partial charge < -0.3 is 49.4 Å². The number of amides is 2. The third-order valence-electron chi connectivity index (χ3n) is 8.66. The molecule has 19 heteroatoms. The van der Waals surface area contributed by atoms with Crippen molar-refractivity contribution in [2.24, 2.45) is 22.1 Å². The van der Waals surface area contributed by atoms with Crippen LogP contribution in [0.2, 0.25) is 0 Å². The predicted octanol–water partition coefficient (Wildman–Crippen LogP) is 4.65. The van der Waals surface area contributed by atoms with Crippen molar-refractivity contribution in [1.82, 2.24) is 10.6 Å². The molecule has 0 aliphatic heterocycles. The molecule has 0 aliphatic carbocycles. The lowest BCUT2D eigenvalue weighted by Crippen LogP contribution is -2.31. The summed E-state index contributed by atoms with van der Waals surface area (Å²) in [6, 6.07) is 9.96. The monoisotopic (exact) mass is 843 g/mol. The van der Waals surface area contributed by atoms with Gasteiger partial charge in [0.2, 0.25) is 11.8 Å². The lowest BCUT2D eigenvalue weighted by atomic mass is 10.1. The van der Waals surface area contributed by atoms with E-state index in [9.17, 15) is 29.7 Å². The van der Waals surface area contributed by atoms with Crippen molar-refractivity contribution in [3.05, 3.63) is 39.8 Å². The zero-order chi connectivity index (χ0) is 43.4. The fourth-order valence-electron chi connectivity index (χ4n) is 5.12. The first-order chi connectivity index (χ1) is 28.4. The van der Waals surface area contributed by atoms with Crippen LogP contribution in [0.1, 0.15) is 61.1 Å². The van der Waals surface area contributed by atoms with E-state index in [0.717, 1.165) is 22.6 Å². The molecule has 2 amide bonds. The third kappa shape index (κ3) is 20.5. The molecule has 0 radical (unpaired) electrons. The van der Waals surface area contributed by atoms with Crippen LogP contribution in [0.3, 0.4) is 0 Å². The van der Waals surface area contributed by atoms with Gasteiger partial charge in [0.1, 0.15) is 17.0 Å². The molecule has 1 aromatic carbocycles. The van der Waals surface area contributed by atoms with Gasteiger partial charge in [0.25, 0.3) is 0 Å². The van der Waals surface area contributed by atoms with Crippen molar-refractivity contribution in [2.45, 2.75) is 53.4 Å². The standard InChI is InChI=1S/C40H57N7O11S/c1-28-23-32(7-8-34(28)45-46-38-33(26-41)31(4)35(27-42)59-38)47(11-15-56-19-17-54-13-5-9-43-36(48)24-29(2)39(50)51)12-16-57-20-22-58-21-18-55-14-6-10-44-37(49)25-30(3)40(52)53/h7-8,23,29-30H,5-6,9-22,24-25H2,1-4H3,(H,43,48)(H,44,49)(H,50,51)(H,52,53). The number of benzene rings is 1. The van der Waals surface area contributed by atoms with Crippen molar-refractivity contribution >= 4 is 51.5 Å². The highest BCUT2D eigenvalue weighted by molar-refractivity contribution is 7.16. The van der Waals surface area contributed by atoms with E-state index in [0.29, 0.717) is 132 Å². The van der Waals surface area contributed by atoms with Crippen LogP contribution in [-0.2, 0) is 42.9 Å². The minimum absolute atomic E-state index is 0.0573. The van der Waals surface area contributed by atoms with Crippen LogP contribution in [0.5, 0.6) is 0 Å². The van der Waals surface area contributed by atoms with Crippen molar-refractivity contribution in [2.75, 3.05) is 97.1 Å². The maximum atomic E-state index is 11.8. The van der Waals surface area contributed by atoms with Crippen LogP contribution in [-0.4, -0.2) is 126 Å². The van der Waals surface area contributed by atoms with Gasteiger partial charge >= 0.3 is 11.9 Å². The second-order valence-electron chi connectivity index (χ2n) is 13.5. The maximum absolute atomic E-state index is 11.8. The van der Waals surface area contributed by atoms with Crippen LogP contribution < -0.4 is 15.5 Å². The number of ether oxygens (including phenoxy) is 5. The summed E-state index contributed by atoms with van der Waals surface area (Å²) in [5.74, 6) is -4.07. The number of nitrogens with one attached hydrogen (secondary N) is 2. The van der Waals surface area contributed by atoms with E-state index in [1.165, 1.54) is 13.8 Å². The lowest BCUT2D eigenvalue weighted by molar-refractivity contribution is -0.143. The molecule has 0 saturated heterocycles. The summed E-state index contributed by atoms with van der Waals surface area (Å²) in [6.45, 7) is 12.5. The Bertz CT molecular complexity index is 1740. The number of hydrogen-bond donors (Lipinski definition) is 4. The van der Waals surface area contributed by atoms with Gasteiger partial charge in [0.15, 0.2) is 5.00 Å². The van der Waals surface area contributed by atoms with Crippen LogP contribution in [0.25, 0.3) is 0 Å². The number of carboxylic acids is 2. The number of rotatable bonds is 32. The van der Waals surface area contributed by atoms with Crippen molar-refractivity contribution in [3.8, 4) is 12.1 Å².